The number of hydrogen-bond acceptors (Lipinski definition) is 17. The maximum atomic E-state index is 13.5. The summed E-state index contributed by atoms with van der Waals surface area (Å²) in [7, 11) is 0. The van der Waals surface area contributed by atoms with E-state index in [9.17, 15) is 9.46 Å². The van der Waals surface area contributed by atoms with Crippen LogP contribution in [0.1, 0.15) is 12.5 Å². The molecule has 11 N–H and O–H groups in total. The standard InChI is InChI=1S/C20H26N12O8P2S2/c21-9-13-7(37-19(9)31-5-29-11-15(23)25-3-27-17(11)31)1-35-41(33,43)40-14-8(2-36-42(34,44)39-13)38-20(10(14)22)32-6-30-12-16(24)26-4-28-18(12)32/h3-10,13-14,19-20H,1-2,21-22H2,(H,33,43)(H,34,44)(H2,23,25,27)(H2,24,26,28)/p+1/t7-,8-,9?,10?,13+,14+,19-,20-,41?,42?/m1/s1. The minimum absolute atomic E-state index is 0.178. The molecule has 0 amide bonds. The van der Waals surface area contributed by atoms with Crippen molar-refractivity contribution in [3.63, 3.8) is 0 Å². The van der Waals surface area contributed by atoms with Crippen molar-refractivity contribution in [1.29, 1.82) is 0 Å². The van der Waals surface area contributed by atoms with Gasteiger partial charge in [0, 0.05) is 0 Å². The number of quaternary nitrogens is 2. The zero-order valence-electron chi connectivity index (χ0n) is 22.5. The Kier molecular flexibility index (Phi) is 7.64. The topological polar surface area (TPSA) is 287 Å². The van der Waals surface area contributed by atoms with E-state index >= 15 is 0 Å². The lowest BCUT2D eigenvalue weighted by atomic mass is 10.1. The fourth-order valence-electron chi connectivity index (χ4n) is 5.50. The largest absolute Gasteiger partial charge is 0.660 e. The van der Waals surface area contributed by atoms with E-state index in [2.05, 4.69) is 41.4 Å². The van der Waals surface area contributed by atoms with Crippen molar-refractivity contribution < 1.29 is 48.5 Å². The Bertz CT molecular complexity index is 1700. The molecule has 20 nitrogen and oxygen atoms in total. The van der Waals surface area contributed by atoms with Crippen molar-refractivity contribution in [2.45, 2.75) is 49.0 Å². The highest BCUT2D eigenvalue weighted by Gasteiger charge is 2.53. The van der Waals surface area contributed by atoms with Crippen LogP contribution in [-0.2, 0) is 56.2 Å². The molecule has 3 fully saturated rings. The molecule has 3 aliphatic heterocycles. The van der Waals surface area contributed by atoms with Crippen molar-refractivity contribution in [3.05, 3.63) is 25.3 Å². The summed E-state index contributed by atoms with van der Waals surface area (Å²) in [5.74, 6) is 0.358. The molecule has 44 heavy (non-hydrogen) atoms. The molecule has 0 spiro atoms. The van der Waals surface area contributed by atoms with E-state index in [0.29, 0.717) is 22.3 Å². The molecule has 3 saturated heterocycles. The highest BCUT2D eigenvalue weighted by Crippen LogP contribution is 2.54. The molecule has 0 saturated carbocycles. The first-order valence-electron chi connectivity index (χ1n) is 13.1. The van der Waals surface area contributed by atoms with Gasteiger partial charge in [-0.1, -0.05) is 0 Å². The van der Waals surface area contributed by atoms with E-state index in [-0.39, 0.29) is 24.8 Å². The number of imidazole rings is 2. The third-order valence-electron chi connectivity index (χ3n) is 7.56. The van der Waals surface area contributed by atoms with Gasteiger partial charge in [-0.25, -0.2) is 29.9 Å². The van der Waals surface area contributed by atoms with Crippen LogP contribution in [0.2, 0.25) is 0 Å². The highest BCUT2D eigenvalue weighted by atomic mass is 32.7. The third-order valence-corrected chi connectivity index (χ3v) is 10.7. The van der Waals surface area contributed by atoms with Gasteiger partial charge in [0.1, 0.15) is 42.0 Å². The summed E-state index contributed by atoms with van der Waals surface area (Å²) in [6.07, 6.45) is -0.0862. The predicted octanol–water partition coefficient (Wildman–Crippen LogP) is -2.46. The SMILES string of the molecule is Nc1ncnc2c1ncn2[C@@H]1O[C@@H]2COP(O)(=S)O[C@@H]3C([NH3+])[C@H](n4cnc5c(N)ncnc54)O[C@@H]3COP(=O)([S-])O[C@@H]2C1[NH3+]. The van der Waals surface area contributed by atoms with Gasteiger partial charge in [-0.05, 0) is 11.8 Å². The third kappa shape index (κ3) is 5.28. The minimum atomic E-state index is -4.19. The zero-order chi connectivity index (χ0) is 31.0. The van der Waals surface area contributed by atoms with E-state index in [1.54, 1.807) is 9.13 Å². The fraction of sp³-hybridized carbons (Fsp3) is 0.500. The molecule has 7 rings (SSSR count). The number of hydrogen-bond donors (Lipinski definition) is 5. The van der Waals surface area contributed by atoms with Crippen molar-refractivity contribution in [1.82, 2.24) is 39.0 Å². The first-order valence-corrected chi connectivity index (χ1v) is 18.2. The van der Waals surface area contributed by atoms with Gasteiger partial charge in [-0.15, -0.1) is 0 Å². The maximum absolute atomic E-state index is 13.5. The molecule has 4 aromatic heterocycles. The van der Waals surface area contributed by atoms with Crippen LogP contribution in [0.25, 0.3) is 22.3 Å². The van der Waals surface area contributed by atoms with Gasteiger partial charge in [0.05, 0.1) is 25.9 Å². The molecular weight excluding hydrogens is 662 g/mol. The van der Waals surface area contributed by atoms with Crippen LogP contribution >= 0.6 is 13.5 Å². The molecule has 4 aromatic rings. The Balaban J connectivity index is 1.17. The second-order valence-electron chi connectivity index (χ2n) is 10.3. The van der Waals surface area contributed by atoms with Crippen molar-refractivity contribution in [2.24, 2.45) is 0 Å². The summed E-state index contributed by atoms with van der Waals surface area (Å²) in [5, 5.41) is 0. The normalized spacial score (nSPS) is 38.3. The molecule has 236 valence electrons. The Morgan fingerprint density at radius 1 is 0.841 bits per heavy atom. The van der Waals surface area contributed by atoms with Gasteiger partial charge in [0.15, 0.2) is 53.6 Å². The smallest absolute Gasteiger partial charge is 0.325 e. The quantitative estimate of drug-likeness (QED) is 0.108. The van der Waals surface area contributed by atoms with Gasteiger partial charge in [0.2, 0.25) is 6.80 Å². The van der Waals surface area contributed by atoms with Crippen molar-refractivity contribution in [3.8, 4) is 0 Å². The van der Waals surface area contributed by atoms with Crippen LogP contribution < -0.4 is 22.9 Å². The molecule has 24 heteroatoms. The van der Waals surface area contributed by atoms with Crippen LogP contribution in [0.3, 0.4) is 0 Å². The Labute approximate surface area is 257 Å². The average Bonchev–Trinajstić information content (AvgIpc) is 3.73. The molecule has 3 aliphatic rings. The number of nitrogens with zero attached hydrogens (tertiary/aromatic N) is 8. The molecule has 0 bridgehead atoms. The predicted molar refractivity (Wildman–Crippen MR) is 154 cm³/mol. The molecule has 10 atom stereocenters. The molecule has 0 radical (unpaired) electrons. The summed E-state index contributed by atoms with van der Waals surface area (Å²) in [6, 6.07) is -1.44. The minimum Gasteiger partial charge on any atom is -0.660 e. The summed E-state index contributed by atoms with van der Waals surface area (Å²) < 4.78 is 52.2. The maximum Gasteiger partial charge on any atom is 0.325 e. The summed E-state index contributed by atoms with van der Waals surface area (Å²) in [6.45, 7) is -8.83. The highest BCUT2D eigenvalue weighted by molar-refractivity contribution is 8.32. The zero-order valence-corrected chi connectivity index (χ0v) is 25.9. The Morgan fingerprint density at radius 3 is 1.84 bits per heavy atom. The molecule has 4 unspecified atom stereocenters. The van der Waals surface area contributed by atoms with E-state index in [0.717, 1.165) is 0 Å². The summed E-state index contributed by atoms with van der Waals surface area (Å²) in [5.41, 5.74) is 21.7. The number of nitrogen functional groups attached to an aromatic ring is 2. The van der Waals surface area contributed by atoms with Crippen LogP contribution in [-0.4, -0.2) is 93.6 Å². The fourth-order valence-corrected chi connectivity index (χ4v) is 8.44. The Hall–Kier alpha value is -2.43. The second-order valence-corrected chi connectivity index (χ2v) is 15.8. The molecule has 0 aliphatic carbocycles. The van der Waals surface area contributed by atoms with Crippen LogP contribution in [0.15, 0.2) is 25.3 Å². The van der Waals surface area contributed by atoms with Crippen LogP contribution in [0, 0.1) is 0 Å². The molecule has 7 heterocycles. The number of rotatable bonds is 2. The van der Waals surface area contributed by atoms with E-state index in [1.807, 2.05) is 0 Å². The second kappa shape index (κ2) is 11.1. The number of anilines is 2. The van der Waals surface area contributed by atoms with Gasteiger partial charge < -0.3 is 63.1 Å². The molecular formula is C20H27N12O8P2S2+. The van der Waals surface area contributed by atoms with Crippen molar-refractivity contribution >= 4 is 71.5 Å². The molecule has 0 aromatic carbocycles. The van der Waals surface area contributed by atoms with E-state index in [4.69, 9.17) is 63.1 Å². The lowest BCUT2D eigenvalue weighted by molar-refractivity contribution is -0.445. The van der Waals surface area contributed by atoms with Gasteiger partial charge in [-0.2, -0.15) is 0 Å². The van der Waals surface area contributed by atoms with Crippen molar-refractivity contribution in [2.75, 3.05) is 24.7 Å². The van der Waals surface area contributed by atoms with Gasteiger partial charge in [0.25, 0.3) is 0 Å². The van der Waals surface area contributed by atoms with E-state index in [1.165, 1.54) is 25.3 Å². The lowest BCUT2D eigenvalue weighted by Crippen LogP contribution is -2.68. The summed E-state index contributed by atoms with van der Waals surface area (Å²) in [4.78, 5) is 36.0. The summed E-state index contributed by atoms with van der Waals surface area (Å²) >= 11 is 10.6. The first-order chi connectivity index (χ1) is 20.9. The van der Waals surface area contributed by atoms with Crippen LogP contribution in [0.4, 0.5) is 11.6 Å². The number of nitrogens with two attached hydrogens (primary N) is 2. The van der Waals surface area contributed by atoms with Crippen LogP contribution in [0.5, 0.6) is 0 Å². The average molecular weight is 690 g/mol. The first kappa shape index (κ1) is 30.2. The number of ether oxygens (including phenoxy) is 2. The number of aromatic nitrogens is 8. The monoisotopic (exact) mass is 689 g/mol. The van der Waals surface area contributed by atoms with E-state index < -0.39 is 62.5 Å². The number of fused-ring (bicyclic) bond motifs is 4. The Morgan fingerprint density at radius 2 is 1.32 bits per heavy atom. The van der Waals surface area contributed by atoms with Gasteiger partial charge in [-0.3, -0.25) is 18.2 Å². The lowest BCUT2D eigenvalue weighted by Gasteiger charge is -2.32. The van der Waals surface area contributed by atoms with Gasteiger partial charge >= 0.3 is 6.72 Å².